The summed E-state index contributed by atoms with van der Waals surface area (Å²) in [5, 5.41) is 0. The van der Waals surface area contributed by atoms with Gasteiger partial charge in [0, 0.05) is 0 Å². The maximum atomic E-state index is 2.39. The van der Waals surface area contributed by atoms with Crippen LogP contribution >= 0.6 is 0 Å². The van der Waals surface area contributed by atoms with Crippen molar-refractivity contribution in [3.8, 4) is 0 Å². The minimum absolute atomic E-state index is 1.22. The molecule has 0 aliphatic carbocycles. The number of rotatable bonds is 23. The van der Waals surface area contributed by atoms with Crippen molar-refractivity contribution in [2.24, 2.45) is 0 Å². The second-order valence-corrected chi connectivity index (χ2v) is 10.1. The Kier molecular flexibility index (Phi) is 21.6. The molecule has 0 rings (SSSR count). The van der Waals surface area contributed by atoms with E-state index >= 15 is 0 Å². The Hall–Kier alpha value is -0.0400. The summed E-state index contributed by atoms with van der Waals surface area (Å²) in [7, 11) is 4.78. The van der Waals surface area contributed by atoms with E-state index in [0.29, 0.717) is 0 Å². The van der Waals surface area contributed by atoms with Crippen LogP contribution in [0, 0.1) is 0 Å². The van der Waals surface area contributed by atoms with Crippen LogP contribution < -0.4 is 0 Å². The van der Waals surface area contributed by atoms with Crippen molar-refractivity contribution in [3.05, 3.63) is 0 Å². The predicted octanol–water partition coefficient (Wildman–Crippen LogP) is 9.29. The van der Waals surface area contributed by atoms with Gasteiger partial charge in [-0.3, -0.25) is 0 Å². The fraction of sp³-hybridized carbons (Fsp3) is 1.00. The zero-order valence-electron chi connectivity index (χ0n) is 20.7. The molecule has 0 atom stereocenters. The fourth-order valence-corrected chi connectivity index (χ4v) is 4.51. The molecule has 0 aliphatic heterocycles. The van der Waals surface area contributed by atoms with Crippen LogP contribution in [0.4, 0.5) is 0 Å². The maximum Gasteiger partial charge on any atom is 0.0782 e. The molecule has 1 heteroatoms. The molecule has 0 fully saturated rings. The number of nitrogens with zero attached hydrogens (tertiary/aromatic N) is 1. The third kappa shape index (κ3) is 22.3. The topological polar surface area (TPSA) is 0 Å². The first-order valence-electron chi connectivity index (χ1n) is 13.4. The molecule has 0 amide bonds. The van der Waals surface area contributed by atoms with Gasteiger partial charge in [-0.25, -0.2) is 0 Å². The zero-order chi connectivity index (χ0) is 20.8. The molecule has 1 nitrogen and oxygen atoms in total. The molecule has 0 spiro atoms. The van der Waals surface area contributed by atoms with Gasteiger partial charge in [-0.1, -0.05) is 129 Å². The first-order chi connectivity index (χ1) is 13.6. The summed E-state index contributed by atoms with van der Waals surface area (Å²) in [6, 6.07) is 0. The summed E-state index contributed by atoms with van der Waals surface area (Å²) in [4.78, 5) is 0. The van der Waals surface area contributed by atoms with Crippen molar-refractivity contribution >= 4 is 0 Å². The van der Waals surface area contributed by atoms with Crippen LogP contribution in [0.3, 0.4) is 0 Å². The molecule has 0 unspecified atom stereocenters. The van der Waals surface area contributed by atoms with E-state index in [9.17, 15) is 0 Å². The largest absolute Gasteiger partial charge is 0.328 e. The normalized spacial score (nSPS) is 12.0. The maximum absolute atomic E-state index is 2.39. The molecule has 0 aromatic rings. The van der Waals surface area contributed by atoms with Crippen molar-refractivity contribution in [2.75, 3.05) is 27.2 Å². The minimum Gasteiger partial charge on any atom is -0.328 e. The molecule has 0 heterocycles. The van der Waals surface area contributed by atoms with Crippen LogP contribution in [0.15, 0.2) is 0 Å². The summed E-state index contributed by atoms with van der Waals surface area (Å²) in [5.74, 6) is 0. The zero-order valence-corrected chi connectivity index (χ0v) is 20.7. The quantitative estimate of drug-likeness (QED) is 0.119. The highest BCUT2D eigenvalue weighted by molar-refractivity contribution is 4.51. The second kappa shape index (κ2) is 21.7. The number of hydrogen-bond donors (Lipinski definition) is 0. The molecule has 0 N–H and O–H groups in total. The van der Waals surface area contributed by atoms with Crippen LogP contribution in [0.5, 0.6) is 0 Å². The Morgan fingerprint density at radius 3 is 0.893 bits per heavy atom. The second-order valence-electron chi connectivity index (χ2n) is 10.1. The SMILES string of the molecule is CCCCCCCCCCCCCCCCCCCCCC[N+](C)(C)CCC. The van der Waals surface area contributed by atoms with E-state index < -0.39 is 0 Å². The molecule has 0 bridgehead atoms. The van der Waals surface area contributed by atoms with Gasteiger partial charge in [0.2, 0.25) is 0 Å². The monoisotopic (exact) mass is 396 g/mol. The van der Waals surface area contributed by atoms with Crippen molar-refractivity contribution in [1.82, 2.24) is 0 Å². The van der Waals surface area contributed by atoms with Gasteiger partial charge in [-0.15, -0.1) is 0 Å². The molecule has 0 aliphatic rings. The fourth-order valence-electron chi connectivity index (χ4n) is 4.51. The summed E-state index contributed by atoms with van der Waals surface area (Å²) >= 11 is 0. The van der Waals surface area contributed by atoms with E-state index in [2.05, 4.69) is 27.9 Å². The average Bonchev–Trinajstić information content (AvgIpc) is 2.66. The van der Waals surface area contributed by atoms with Gasteiger partial charge >= 0.3 is 0 Å². The highest BCUT2D eigenvalue weighted by atomic mass is 15.3. The Morgan fingerprint density at radius 1 is 0.321 bits per heavy atom. The molecule has 0 aromatic heterocycles. The van der Waals surface area contributed by atoms with Gasteiger partial charge in [0.1, 0.15) is 0 Å². The number of unbranched alkanes of at least 4 members (excludes halogenated alkanes) is 19. The molecule has 0 saturated carbocycles. The van der Waals surface area contributed by atoms with E-state index in [1.807, 2.05) is 0 Å². The lowest BCUT2D eigenvalue weighted by molar-refractivity contribution is -0.890. The van der Waals surface area contributed by atoms with Gasteiger partial charge in [0.25, 0.3) is 0 Å². The van der Waals surface area contributed by atoms with E-state index in [4.69, 9.17) is 0 Å². The number of quaternary nitrogens is 1. The lowest BCUT2D eigenvalue weighted by Gasteiger charge is -2.29. The van der Waals surface area contributed by atoms with E-state index in [0.717, 1.165) is 0 Å². The van der Waals surface area contributed by atoms with E-state index in [1.54, 1.807) is 0 Å². The van der Waals surface area contributed by atoms with Crippen molar-refractivity contribution in [2.45, 2.75) is 149 Å². The smallest absolute Gasteiger partial charge is 0.0782 e. The number of hydrogen-bond acceptors (Lipinski definition) is 0. The van der Waals surface area contributed by atoms with E-state index in [1.165, 1.54) is 152 Å². The van der Waals surface area contributed by atoms with Gasteiger partial charge < -0.3 is 4.48 Å². The van der Waals surface area contributed by atoms with Crippen molar-refractivity contribution in [1.29, 1.82) is 0 Å². The van der Waals surface area contributed by atoms with Crippen LogP contribution in [0.25, 0.3) is 0 Å². The van der Waals surface area contributed by atoms with Crippen molar-refractivity contribution in [3.63, 3.8) is 0 Å². The van der Waals surface area contributed by atoms with Gasteiger partial charge in [-0.05, 0) is 19.3 Å². The third-order valence-electron chi connectivity index (χ3n) is 6.45. The predicted molar refractivity (Wildman–Crippen MR) is 130 cm³/mol. The van der Waals surface area contributed by atoms with E-state index in [-0.39, 0.29) is 0 Å². The highest BCUT2D eigenvalue weighted by Gasteiger charge is 2.11. The molecule has 170 valence electrons. The standard InChI is InChI=1S/C27H58N/c1-5-7-8-9-10-11-12-13-14-15-16-17-18-19-20-21-22-23-24-25-27-28(3,4)26-6-2/h5-27H2,1-4H3/q+1. The van der Waals surface area contributed by atoms with Crippen LogP contribution in [-0.4, -0.2) is 31.7 Å². The summed E-state index contributed by atoms with van der Waals surface area (Å²) < 4.78 is 1.22. The molecule has 0 radical (unpaired) electrons. The van der Waals surface area contributed by atoms with Gasteiger partial charge in [-0.2, -0.15) is 0 Å². The molecular weight excluding hydrogens is 338 g/mol. The van der Waals surface area contributed by atoms with Crippen molar-refractivity contribution < 1.29 is 4.48 Å². The van der Waals surface area contributed by atoms with Crippen LogP contribution in [0.1, 0.15) is 149 Å². The van der Waals surface area contributed by atoms with Crippen LogP contribution in [0.2, 0.25) is 0 Å². The lowest BCUT2D eigenvalue weighted by Crippen LogP contribution is -2.40. The Bertz CT molecular complexity index is 284. The Balaban J connectivity index is 3.09. The lowest BCUT2D eigenvalue weighted by atomic mass is 10.0. The third-order valence-corrected chi connectivity index (χ3v) is 6.45. The van der Waals surface area contributed by atoms with Gasteiger partial charge in [0.15, 0.2) is 0 Å². The average molecular weight is 397 g/mol. The summed E-state index contributed by atoms with van der Waals surface area (Å²) in [6.45, 7) is 7.31. The molecule has 0 saturated heterocycles. The Labute approximate surface area is 180 Å². The molecule has 0 aromatic carbocycles. The minimum atomic E-state index is 1.22. The molecular formula is C27H58N+. The summed E-state index contributed by atoms with van der Waals surface area (Å²) in [6.07, 6.45) is 30.7. The first-order valence-corrected chi connectivity index (χ1v) is 13.4. The highest BCUT2D eigenvalue weighted by Crippen LogP contribution is 2.15. The molecule has 28 heavy (non-hydrogen) atoms. The van der Waals surface area contributed by atoms with Gasteiger partial charge in [0.05, 0.1) is 27.2 Å². The van der Waals surface area contributed by atoms with Crippen LogP contribution in [-0.2, 0) is 0 Å². The Morgan fingerprint density at radius 2 is 0.607 bits per heavy atom. The first kappa shape index (κ1) is 28.0. The summed E-state index contributed by atoms with van der Waals surface area (Å²) in [5.41, 5.74) is 0.